The average Bonchev–Trinajstić information content (AvgIpc) is 2.79. The number of hydrogen-bond acceptors (Lipinski definition) is 3. The highest BCUT2D eigenvalue weighted by molar-refractivity contribution is 5.80. The van der Waals surface area contributed by atoms with Crippen molar-refractivity contribution >= 4 is 5.96 Å². The molecular formula is C13H25F3N4O. The Morgan fingerprint density at radius 3 is 2.57 bits per heavy atom. The number of methoxy groups -OCH3 is 1. The van der Waals surface area contributed by atoms with Crippen molar-refractivity contribution in [1.29, 1.82) is 0 Å². The van der Waals surface area contributed by atoms with Crippen LogP contribution in [0.2, 0.25) is 0 Å². The Hall–Kier alpha value is -1.02. The Morgan fingerprint density at radius 2 is 2.05 bits per heavy atom. The fraction of sp³-hybridized carbons (Fsp3) is 0.923. The standard InChI is InChI=1S/C13H25F3N4O/c1-12(2,21-4)8-18-11(17-3)19-10-5-6-20(7-10)9-13(14,15)16/h10H,5-9H2,1-4H3,(H2,17,18,19). The van der Waals surface area contributed by atoms with Crippen molar-refractivity contribution in [2.45, 2.75) is 38.1 Å². The van der Waals surface area contributed by atoms with Crippen molar-refractivity contribution in [3.63, 3.8) is 0 Å². The zero-order valence-electron chi connectivity index (χ0n) is 13.0. The minimum Gasteiger partial charge on any atom is -0.377 e. The number of alkyl halides is 3. The molecule has 124 valence electrons. The molecule has 1 heterocycles. The van der Waals surface area contributed by atoms with Crippen LogP contribution in [0.1, 0.15) is 20.3 Å². The van der Waals surface area contributed by atoms with E-state index in [1.165, 1.54) is 4.90 Å². The van der Waals surface area contributed by atoms with Gasteiger partial charge in [0.1, 0.15) is 0 Å². The predicted molar refractivity (Wildman–Crippen MR) is 76.5 cm³/mol. The van der Waals surface area contributed by atoms with E-state index in [0.717, 1.165) is 0 Å². The molecule has 0 amide bonds. The number of hydrogen-bond donors (Lipinski definition) is 2. The highest BCUT2D eigenvalue weighted by Crippen LogP contribution is 2.19. The van der Waals surface area contributed by atoms with E-state index in [1.807, 2.05) is 13.8 Å². The second-order valence-corrected chi connectivity index (χ2v) is 5.87. The number of rotatable bonds is 5. The lowest BCUT2D eigenvalue weighted by molar-refractivity contribution is -0.143. The molecule has 0 radical (unpaired) electrons. The third kappa shape index (κ3) is 6.99. The van der Waals surface area contributed by atoms with Crippen molar-refractivity contribution in [1.82, 2.24) is 15.5 Å². The van der Waals surface area contributed by atoms with Crippen molar-refractivity contribution < 1.29 is 17.9 Å². The molecule has 1 unspecified atom stereocenters. The molecule has 1 fully saturated rings. The summed E-state index contributed by atoms with van der Waals surface area (Å²) in [5.41, 5.74) is -0.338. The van der Waals surface area contributed by atoms with Gasteiger partial charge in [0, 0.05) is 39.8 Å². The highest BCUT2D eigenvalue weighted by atomic mass is 19.4. The first-order chi connectivity index (χ1) is 9.65. The van der Waals surface area contributed by atoms with Crippen LogP contribution in [0.3, 0.4) is 0 Å². The van der Waals surface area contributed by atoms with Gasteiger partial charge in [0.2, 0.25) is 0 Å². The first-order valence-electron chi connectivity index (χ1n) is 6.96. The average molecular weight is 310 g/mol. The summed E-state index contributed by atoms with van der Waals surface area (Å²) >= 11 is 0. The van der Waals surface area contributed by atoms with Gasteiger partial charge < -0.3 is 15.4 Å². The van der Waals surface area contributed by atoms with E-state index in [9.17, 15) is 13.2 Å². The summed E-state index contributed by atoms with van der Waals surface area (Å²) in [6.07, 6.45) is -3.47. The monoisotopic (exact) mass is 310 g/mol. The molecule has 0 aromatic carbocycles. The van der Waals surface area contributed by atoms with Crippen molar-refractivity contribution in [2.75, 3.05) is 40.3 Å². The number of halogens is 3. The van der Waals surface area contributed by atoms with Gasteiger partial charge in [0.25, 0.3) is 0 Å². The molecule has 2 N–H and O–H groups in total. The Kier molecular flexibility index (Phi) is 6.27. The minimum absolute atomic E-state index is 0.0239. The van der Waals surface area contributed by atoms with E-state index in [4.69, 9.17) is 4.74 Å². The first kappa shape index (κ1) is 18.0. The van der Waals surface area contributed by atoms with E-state index >= 15 is 0 Å². The Balaban J connectivity index is 2.39. The first-order valence-corrected chi connectivity index (χ1v) is 6.96. The summed E-state index contributed by atoms with van der Waals surface area (Å²) in [5, 5.41) is 6.28. The molecule has 1 saturated heterocycles. The van der Waals surface area contributed by atoms with Crippen molar-refractivity contribution in [2.24, 2.45) is 4.99 Å². The molecule has 5 nitrogen and oxygen atoms in total. The van der Waals surface area contributed by atoms with Gasteiger partial charge in [-0.05, 0) is 20.3 Å². The second-order valence-electron chi connectivity index (χ2n) is 5.87. The molecular weight excluding hydrogens is 285 g/mol. The molecule has 1 atom stereocenters. The van der Waals surface area contributed by atoms with Crippen LogP contribution in [0.5, 0.6) is 0 Å². The molecule has 0 bridgehead atoms. The van der Waals surface area contributed by atoms with Crippen LogP contribution in [0.15, 0.2) is 4.99 Å². The molecule has 8 heteroatoms. The zero-order valence-corrected chi connectivity index (χ0v) is 13.0. The number of guanidine groups is 1. The van der Waals surface area contributed by atoms with Crippen LogP contribution >= 0.6 is 0 Å². The maximum atomic E-state index is 12.3. The van der Waals surface area contributed by atoms with Crippen molar-refractivity contribution in [3.05, 3.63) is 0 Å². The molecule has 1 aliphatic rings. The number of nitrogens with zero attached hydrogens (tertiary/aromatic N) is 2. The van der Waals surface area contributed by atoms with E-state index in [1.54, 1.807) is 14.2 Å². The second kappa shape index (κ2) is 7.31. The van der Waals surface area contributed by atoms with Gasteiger partial charge in [-0.1, -0.05) is 0 Å². The van der Waals surface area contributed by atoms with Gasteiger partial charge in [-0.25, -0.2) is 0 Å². The molecule has 0 aromatic rings. The Morgan fingerprint density at radius 1 is 1.38 bits per heavy atom. The quantitative estimate of drug-likeness (QED) is 0.592. The third-order valence-corrected chi connectivity index (χ3v) is 3.47. The SMILES string of the molecule is CN=C(NCC(C)(C)OC)NC1CCN(CC(F)(F)F)C1. The number of likely N-dealkylation sites (tertiary alicyclic amines) is 1. The number of aliphatic imine (C=N–C) groups is 1. The zero-order chi connectivity index (χ0) is 16.1. The van der Waals surface area contributed by atoms with Crippen molar-refractivity contribution in [3.8, 4) is 0 Å². The highest BCUT2D eigenvalue weighted by Gasteiger charge is 2.34. The summed E-state index contributed by atoms with van der Waals surface area (Å²) in [7, 11) is 3.27. The van der Waals surface area contributed by atoms with Crippen LogP contribution < -0.4 is 10.6 Å². The van der Waals surface area contributed by atoms with Gasteiger partial charge in [-0.3, -0.25) is 9.89 Å². The fourth-order valence-electron chi connectivity index (χ4n) is 2.10. The Bertz CT molecular complexity index is 358. The van der Waals surface area contributed by atoms with E-state index < -0.39 is 12.7 Å². The lowest BCUT2D eigenvalue weighted by Crippen LogP contribution is -2.49. The van der Waals surface area contributed by atoms with Crippen LogP contribution in [-0.2, 0) is 4.74 Å². The summed E-state index contributed by atoms with van der Waals surface area (Å²) in [5.74, 6) is 0.582. The lowest BCUT2D eigenvalue weighted by Gasteiger charge is -2.25. The smallest absolute Gasteiger partial charge is 0.377 e. The van der Waals surface area contributed by atoms with Gasteiger partial charge >= 0.3 is 6.18 Å². The topological polar surface area (TPSA) is 48.9 Å². The van der Waals surface area contributed by atoms with Gasteiger partial charge in [-0.15, -0.1) is 0 Å². The summed E-state index contributed by atoms with van der Waals surface area (Å²) in [4.78, 5) is 5.49. The van der Waals surface area contributed by atoms with Gasteiger partial charge in [0.15, 0.2) is 5.96 Å². The summed E-state index contributed by atoms with van der Waals surface area (Å²) in [6.45, 7) is 4.39. The molecule has 0 spiro atoms. The van der Waals surface area contributed by atoms with E-state index in [0.29, 0.717) is 32.0 Å². The van der Waals surface area contributed by atoms with Crippen LogP contribution in [-0.4, -0.2) is 69.0 Å². The van der Waals surface area contributed by atoms with Crippen LogP contribution in [0.4, 0.5) is 13.2 Å². The molecule has 0 saturated carbocycles. The molecule has 1 aliphatic heterocycles. The molecule has 0 aliphatic carbocycles. The third-order valence-electron chi connectivity index (χ3n) is 3.47. The van der Waals surface area contributed by atoms with Crippen LogP contribution in [0, 0.1) is 0 Å². The van der Waals surface area contributed by atoms with E-state index in [-0.39, 0.29) is 11.6 Å². The molecule has 21 heavy (non-hydrogen) atoms. The largest absolute Gasteiger partial charge is 0.401 e. The van der Waals surface area contributed by atoms with Gasteiger partial charge in [-0.2, -0.15) is 13.2 Å². The summed E-state index contributed by atoms with van der Waals surface area (Å²) < 4.78 is 42.3. The van der Waals surface area contributed by atoms with E-state index in [2.05, 4.69) is 15.6 Å². The fourth-order valence-corrected chi connectivity index (χ4v) is 2.10. The normalized spacial score (nSPS) is 21.7. The maximum Gasteiger partial charge on any atom is 0.401 e. The van der Waals surface area contributed by atoms with Crippen LogP contribution in [0.25, 0.3) is 0 Å². The molecule has 0 aromatic heterocycles. The Labute approximate surface area is 123 Å². The maximum absolute atomic E-state index is 12.3. The molecule has 1 rings (SSSR count). The predicted octanol–water partition coefficient (Wildman–Crippen LogP) is 1.21. The lowest BCUT2D eigenvalue weighted by atomic mass is 10.1. The van der Waals surface area contributed by atoms with Gasteiger partial charge in [0.05, 0.1) is 12.1 Å². The minimum atomic E-state index is -4.14. The number of nitrogens with one attached hydrogen (secondary N) is 2. The summed E-state index contributed by atoms with van der Waals surface area (Å²) in [6, 6.07) is -0.0239. The number of ether oxygens (including phenoxy) is 1.